The van der Waals surface area contributed by atoms with Crippen LogP contribution in [0.3, 0.4) is 0 Å². The number of carbonyl (C=O) groups excluding carboxylic acids is 1. The number of nitrogens with zero attached hydrogens (tertiary/aromatic N) is 3. The number of fused-ring (bicyclic) bond motifs is 2. The molecule has 0 saturated carbocycles. The molecule has 2 amide bonds. The molecular formula is C20H25F2N3O2. The molecule has 5 fully saturated rings. The molecule has 1 aromatic rings. The average molecular weight is 377 g/mol. The van der Waals surface area contributed by atoms with Gasteiger partial charge in [0.05, 0.1) is 19.3 Å². The first kappa shape index (κ1) is 17.4. The van der Waals surface area contributed by atoms with E-state index >= 15 is 0 Å². The van der Waals surface area contributed by atoms with E-state index < -0.39 is 11.6 Å². The molecule has 5 aliphatic heterocycles. The second-order valence-electron chi connectivity index (χ2n) is 8.20. The summed E-state index contributed by atoms with van der Waals surface area (Å²) >= 11 is 0. The fourth-order valence-corrected chi connectivity index (χ4v) is 5.66. The summed E-state index contributed by atoms with van der Waals surface area (Å²) in [4.78, 5) is 19.6. The highest BCUT2D eigenvalue weighted by Gasteiger charge is 2.55. The zero-order valence-electron chi connectivity index (χ0n) is 15.3. The lowest BCUT2D eigenvalue weighted by Crippen LogP contribution is -2.62. The summed E-state index contributed by atoms with van der Waals surface area (Å²) in [5, 5.41) is 0. The van der Waals surface area contributed by atoms with Crippen molar-refractivity contribution in [2.45, 2.75) is 30.8 Å². The Morgan fingerprint density at radius 1 is 0.963 bits per heavy atom. The predicted octanol–water partition coefficient (Wildman–Crippen LogP) is 2.28. The molecule has 0 N–H and O–H groups in total. The quantitative estimate of drug-likeness (QED) is 0.753. The minimum absolute atomic E-state index is 0.0479. The van der Waals surface area contributed by atoms with Gasteiger partial charge in [0.15, 0.2) is 0 Å². The van der Waals surface area contributed by atoms with E-state index in [4.69, 9.17) is 4.74 Å². The normalized spacial score (nSPS) is 35.4. The molecule has 5 saturated heterocycles. The van der Waals surface area contributed by atoms with Crippen LogP contribution in [0.1, 0.15) is 24.3 Å². The van der Waals surface area contributed by atoms with Crippen molar-refractivity contribution in [3.05, 3.63) is 35.4 Å². The van der Waals surface area contributed by atoms with Gasteiger partial charge in [-0.25, -0.2) is 13.6 Å². The van der Waals surface area contributed by atoms with Gasteiger partial charge in [-0.1, -0.05) is 0 Å². The number of hydrogen-bond acceptors (Lipinski definition) is 3. The third kappa shape index (κ3) is 2.91. The Labute approximate surface area is 157 Å². The van der Waals surface area contributed by atoms with E-state index in [1.54, 1.807) is 0 Å². The van der Waals surface area contributed by atoms with Crippen LogP contribution in [0.5, 0.6) is 0 Å². The minimum Gasteiger partial charge on any atom is -0.378 e. The molecule has 0 spiro atoms. The molecule has 0 radical (unpaired) electrons. The molecule has 5 heterocycles. The average Bonchev–Trinajstić information content (AvgIpc) is 3.11. The summed E-state index contributed by atoms with van der Waals surface area (Å²) in [5.74, 6) is -0.660. The van der Waals surface area contributed by atoms with Gasteiger partial charge in [0.25, 0.3) is 0 Å². The van der Waals surface area contributed by atoms with E-state index in [2.05, 4.69) is 4.90 Å². The first-order valence-electron chi connectivity index (χ1n) is 9.95. The van der Waals surface area contributed by atoms with Crippen molar-refractivity contribution >= 4 is 6.03 Å². The van der Waals surface area contributed by atoms with E-state index in [1.165, 1.54) is 12.1 Å². The largest absolute Gasteiger partial charge is 0.378 e. The summed E-state index contributed by atoms with van der Waals surface area (Å²) in [7, 11) is 0. The summed E-state index contributed by atoms with van der Waals surface area (Å²) in [6, 6.07) is 4.15. The van der Waals surface area contributed by atoms with Crippen molar-refractivity contribution in [3.63, 3.8) is 0 Å². The number of piperidine rings is 3. The summed E-state index contributed by atoms with van der Waals surface area (Å²) in [5.41, 5.74) is 0.673. The maximum absolute atomic E-state index is 13.9. The zero-order chi connectivity index (χ0) is 18.5. The van der Waals surface area contributed by atoms with Crippen LogP contribution in [-0.2, 0) is 4.74 Å². The molecule has 7 heteroatoms. The van der Waals surface area contributed by atoms with E-state index in [0.717, 1.165) is 32.0 Å². The van der Waals surface area contributed by atoms with Gasteiger partial charge in [0.2, 0.25) is 0 Å². The van der Waals surface area contributed by atoms with Crippen LogP contribution in [0.15, 0.2) is 18.2 Å². The molecule has 5 nitrogen and oxygen atoms in total. The topological polar surface area (TPSA) is 36.0 Å². The van der Waals surface area contributed by atoms with E-state index in [1.807, 2.05) is 9.80 Å². The van der Waals surface area contributed by atoms with Gasteiger partial charge < -0.3 is 14.5 Å². The zero-order valence-corrected chi connectivity index (χ0v) is 15.3. The number of rotatable bonds is 1. The van der Waals surface area contributed by atoms with Crippen LogP contribution in [0.4, 0.5) is 13.6 Å². The van der Waals surface area contributed by atoms with Crippen LogP contribution in [0.25, 0.3) is 0 Å². The van der Waals surface area contributed by atoms with Crippen molar-refractivity contribution in [2.75, 3.05) is 45.9 Å². The highest BCUT2D eigenvalue weighted by atomic mass is 19.1. The molecule has 2 bridgehead atoms. The lowest BCUT2D eigenvalue weighted by atomic mass is 9.75. The number of morpholine rings is 1. The number of amides is 2. The van der Waals surface area contributed by atoms with Crippen molar-refractivity contribution in [2.24, 2.45) is 5.92 Å². The van der Waals surface area contributed by atoms with Gasteiger partial charge in [-0.05, 0) is 49.5 Å². The van der Waals surface area contributed by atoms with Gasteiger partial charge >= 0.3 is 6.03 Å². The van der Waals surface area contributed by atoms with Crippen molar-refractivity contribution in [1.82, 2.24) is 14.7 Å². The standard InChI is InChI=1S/C20H25F2N3O2/c21-15-9-14(10-16(22)11-15)17-12-25(20(26)24-5-7-27-8-6-24)18-13-1-3-23(4-2-13)19(17)18/h9-11,13,17-19H,1-8,12H2/t17-,18+,19+/m1/s1. The third-order valence-electron chi connectivity index (χ3n) is 6.83. The van der Waals surface area contributed by atoms with Crippen LogP contribution in [0, 0.1) is 17.6 Å². The summed E-state index contributed by atoms with van der Waals surface area (Å²) in [6.45, 7) is 4.92. The summed E-state index contributed by atoms with van der Waals surface area (Å²) < 4.78 is 33.1. The highest BCUT2D eigenvalue weighted by molar-refractivity contribution is 5.76. The second-order valence-corrected chi connectivity index (χ2v) is 8.20. The van der Waals surface area contributed by atoms with E-state index in [9.17, 15) is 13.6 Å². The first-order chi connectivity index (χ1) is 13.1. The predicted molar refractivity (Wildman–Crippen MR) is 95.5 cm³/mol. The lowest BCUT2D eigenvalue weighted by molar-refractivity contribution is -0.00723. The molecule has 0 unspecified atom stereocenters. The number of carbonyl (C=O) groups is 1. The molecule has 1 aromatic carbocycles. The molecule has 146 valence electrons. The van der Waals surface area contributed by atoms with Gasteiger partial charge in [-0.2, -0.15) is 0 Å². The molecule has 3 atom stereocenters. The van der Waals surface area contributed by atoms with E-state index in [0.29, 0.717) is 44.3 Å². The summed E-state index contributed by atoms with van der Waals surface area (Å²) in [6.07, 6.45) is 2.19. The molecule has 27 heavy (non-hydrogen) atoms. The highest BCUT2D eigenvalue weighted by Crippen LogP contribution is 2.47. The Bertz CT molecular complexity index is 712. The number of likely N-dealkylation sites (tertiary alicyclic amines) is 1. The van der Waals surface area contributed by atoms with E-state index in [-0.39, 0.29) is 24.0 Å². The maximum atomic E-state index is 13.9. The Morgan fingerprint density at radius 3 is 2.30 bits per heavy atom. The molecule has 0 aromatic heterocycles. The molecular weight excluding hydrogens is 352 g/mol. The number of urea groups is 1. The monoisotopic (exact) mass is 377 g/mol. The van der Waals surface area contributed by atoms with Gasteiger partial charge in [-0.15, -0.1) is 0 Å². The molecule has 5 aliphatic rings. The van der Waals surface area contributed by atoms with Gasteiger partial charge in [-0.3, -0.25) is 4.90 Å². The van der Waals surface area contributed by atoms with Gasteiger partial charge in [0, 0.05) is 37.7 Å². The fraction of sp³-hybridized carbons (Fsp3) is 0.650. The number of benzene rings is 1. The number of ether oxygens (including phenoxy) is 1. The Balaban J connectivity index is 1.49. The van der Waals surface area contributed by atoms with Crippen LogP contribution < -0.4 is 0 Å². The smallest absolute Gasteiger partial charge is 0.320 e. The van der Waals surface area contributed by atoms with Crippen molar-refractivity contribution < 1.29 is 18.3 Å². The van der Waals surface area contributed by atoms with Crippen molar-refractivity contribution in [3.8, 4) is 0 Å². The van der Waals surface area contributed by atoms with Crippen molar-refractivity contribution in [1.29, 1.82) is 0 Å². The Hall–Kier alpha value is -1.73. The number of halogens is 2. The molecule has 6 rings (SSSR count). The van der Waals surface area contributed by atoms with Crippen LogP contribution in [-0.4, -0.2) is 78.8 Å². The minimum atomic E-state index is -0.546. The lowest BCUT2D eigenvalue weighted by Gasteiger charge is -2.51. The van der Waals surface area contributed by atoms with Gasteiger partial charge in [0.1, 0.15) is 11.6 Å². The maximum Gasteiger partial charge on any atom is 0.320 e. The second kappa shape index (κ2) is 6.71. The fourth-order valence-electron chi connectivity index (χ4n) is 5.66. The third-order valence-corrected chi connectivity index (χ3v) is 6.83. The van der Waals surface area contributed by atoms with Crippen LogP contribution in [0.2, 0.25) is 0 Å². The SMILES string of the molecule is O=C(N1CCOCC1)N1C[C@H](c2cc(F)cc(F)c2)[C@H]2[C@@H]1C1CCN2CC1. The first-order valence-corrected chi connectivity index (χ1v) is 9.95. The Kier molecular flexibility index (Phi) is 4.31. The Morgan fingerprint density at radius 2 is 1.63 bits per heavy atom. The molecule has 0 aliphatic carbocycles. The number of hydrogen-bond donors (Lipinski definition) is 0. The van der Waals surface area contributed by atoms with Crippen LogP contribution >= 0.6 is 0 Å².